The minimum Gasteiger partial charge on any atom is -0.486 e. The molecule has 4 rings (SSSR count). The molecular formula is C19H18N2O3. The molecule has 0 saturated carbocycles. The van der Waals surface area contributed by atoms with Gasteiger partial charge in [-0.1, -0.05) is 24.3 Å². The van der Waals surface area contributed by atoms with E-state index in [1.165, 1.54) is 0 Å². The Morgan fingerprint density at radius 1 is 1.12 bits per heavy atom. The zero-order valence-corrected chi connectivity index (χ0v) is 13.3. The van der Waals surface area contributed by atoms with E-state index >= 15 is 0 Å². The fraction of sp³-hybridized carbons (Fsp3) is 0.211. The summed E-state index contributed by atoms with van der Waals surface area (Å²) in [6.45, 7) is 3.07. The number of amides is 1. The molecule has 5 heteroatoms. The molecule has 0 spiro atoms. The van der Waals surface area contributed by atoms with Gasteiger partial charge in [0.15, 0.2) is 11.5 Å². The monoisotopic (exact) mass is 322 g/mol. The molecule has 2 aromatic carbocycles. The van der Waals surface area contributed by atoms with Crippen LogP contribution in [0.25, 0.3) is 10.9 Å². The average molecular weight is 322 g/mol. The largest absolute Gasteiger partial charge is 0.486 e. The molecule has 0 aliphatic carbocycles. The molecular weight excluding hydrogens is 304 g/mol. The number of aromatic amines is 1. The number of H-pyrrole nitrogens is 1. The fourth-order valence-corrected chi connectivity index (χ4v) is 2.95. The molecule has 24 heavy (non-hydrogen) atoms. The van der Waals surface area contributed by atoms with Crippen molar-refractivity contribution in [1.82, 2.24) is 10.3 Å². The van der Waals surface area contributed by atoms with Crippen LogP contribution in [-0.2, 0) is 0 Å². The maximum absolute atomic E-state index is 12.6. The SMILES string of the molecule is CC(NC(=O)c1c[nH]c2ccccc12)c1ccc2c(c1)OCCO2. The fourth-order valence-electron chi connectivity index (χ4n) is 2.95. The van der Waals surface area contributed by atoms with Gasteiger partial charge in [0.05, 0.1) is 11.6 Å². The first-order valence-corrected chi connectivity index (χ1v) is 7.99. The molecule has 1 aromatic heterocycles. The van der Waals surface area contributed by atoms with E-state index in [2.05, 4.69) is 10.3 Å². The van der Waals surface area contributed by atoms with Crippen LogP contribution in [0.5, 0.6) is 11.5 Å². The van der Waals surface area contributed by atoms with Gasteiger partial charge in [-0.2, -0.15) is 0 Å². The number of para-hydroxylation sites is 1. The lowest BCUT2D eigenvalue weighted by molar-refractivity contribution is 0.0941. The van der Waals surface area contributed by atoms with Crippen LogP contribution < -0.4 is 14.8 Å². The minimum atomic E-state index is -0.137. The van der Waals surface area contributed by atoms with Gasteiger partial charge in [0.2, 0.25) is 0 Å². The Hall–Kier alpha value is -2.95. The van der Waals surface area contributed by atoms with Crippen molar-refractivity contribution in [3.05, 3.63) is 59.8 Å². The molecule has 0 fully saturated rings. The van der Waals surface area contributed by atoms with Gasteiger partial charge in [0, 0.05) is 17.1 Å². The molecule has 122 valence electrons. The number of carbonyl (C=O) groups excluding carboxylic acids is 1. The third-order valence-corrected chi connectivity index (χ3v) is 4.25. The van der Waals surface area contributed by atoms with Crippen LogP contribution >= 0.6 is 0 Å². The van der Waals surface area contributed by atoms with E-state index in [4.69, 9.17) is 9.47 Å². The Morgan fingerprint density at radius 2 is 1.92 bits per heavy atom. The third-order valence-electron chi connectivity index (χ3n) is 4.25. The number of rotatable bonds is 3. The highest BCUT2D eigenvalue weighted by Crippen LogP contribution is 2.32. The molecule has 1 aliphatic rings. The van der Waals surface area contributed by atoms with Crippen LogP contribution in [0, 0.1) is 0 Å². The van der Waals surface area contributed by atoms with Crippen LogP contribution in [-0.4, -0.2) is 24.1 Å². The first kappa shape index (κ1) is 14.6. The van der Waals surface area contributed by atoms with Gasteiger partial charge in [-0.05, 0) is 30.7 Å². The summed E-state index contributed by atoms with van der Waals surface area (Å²) in [5.74, 6) is 1.38. The summed E-state index contributed by atoms with van der Waals surface area (Å²) in [5, 5.41) is 3.96. The van der Waals surface area contributed by atoms with E-state index in [9.17, 15) is 4.79 Å². The van der Waals surface area contributed by atoms with Gasteiger partial charge in [0.25, 0.3) is 5.91 Å². The molecule has 1 unspecified atom stereocenters. The van der Waals surface area contributed by atoms with Gasteiger partial charge in [-0.15, -0.1) is 0 Å². The average Bonchev–Trinajstić information content (AvgIpc) is 3.05. The van der Waals surface area contributed by atoms with Crippen molar-refractivity contribution in [1.29, 1.82) is 0 Å². The topological polar surface area (TPSA) is 63.4 Å². The van der Waals surface area contributed by atoms with E-state index in [0.717, 1.165) is 28.0 Å². The van der Waals surface area contributed by atoms with Gasteiger partial charge in [-0.3, -0.25) is 4.79 Å². The lowest BCUT2D eigenvalue weighted by Gasteiger charge is -2.21. The van der Waals surface area contributed by atoms with Crippen molar-refractivity contribution in [2.24, 2.45) is 0 Å². The Labute approximate surface area is 139 Å². The van der Waals surface area contributed by atoms with E-state index in [-0.39, 0.29) is 11.9 Å². The van der Waals surface area contributed by atoms with Crippen molar-refractivity contribution in [2.45, 2.75) is 13.0 Å². The quantitative estimate of drug-likeness (QED) is 0.776. The Balaban J connectivity index is 1.55. The lowest BCUT2D eigenvalue weighted by atomic mass is 10.1. The number of hydrogen-bond donors (Lipinski definition) is 2. The number of fused-ring (bicyclic) bond motifs is 2. The van der Waals surface area contributed by atoms with Crippen molar-refractivity contribution >= 4 is 16.8 Å². The zero-order chi connectivity index (χ0) is 16.5. The van der Waals surface area contributed by atoms with Crippen molar-refractivity contribution in [3.63, 3.8) is 0 Å². The van der Waals surface area contributed by atoms with Crippen LogP contribution in [0.1, 0.15) is 28.9 Å². The smallest absolute Gasteiger partial charge is 0.253 e. The Kier molecular flexibility index (Phi) is 3.61. The van der Waals surface area contributed by atoms with Crippen LogP contribution in [0.3, 0.4) is 0 Å². The number of benzene rings is 2. The summed E-state index contributed by atoms with van der Waals surface area (Å²) < 4.78 is 11.1. The number of ether oxygens (including phenoxy) is 2. The van der Waals surface area contributed by atoms with E-state index in [1.807, 2.05) is 49.4 Å². The molecule has 0 radical (unpaired) electrons. The Morgan fingerprint density at radius 3 is 2.79 bits per heavy atom. The second-order valence-corrected chi connectivity index (χ2v) is 5.85. The zero-order valence-electron chi connectivity index (χ0n) is 13.3. The molecule has 1 atom stereocenters. The highest BCUT2D eigenvalue weighted by molar-refractivity contribution is 6.06. The maximum Gasteiger partial charge on any atom is 0.253 e. The van der Waals surface area contributed by atoms with Crippen molar-refractivity contribution < 1.29 is 14.3 Å². The predicted molar refractivity (Wildman–Crippen MR) is 91.6 cm³/mol. The summed E-state index contributed by atoms with van der Waals surface area (Å²) in [6.07, 6.45) is 1.75. The number of carbonyl (C=O) groups is 1. The van der Waals surface area contributed by atoms with Crippen molar-refractivity contribution in [2.75, 3.05) is 13.2 Å². The molecule has 3 aromatic rings. The molecule has 0 bridgehead atoms. The van der Waals surface area contributed by atoms with Crippen LogP contribution in [0.4, 0.5) is 0 Å². The summed E-state index contributed by atoms with van der Waals surface area (Å²) in [4.78, 5) is 15.7. The van der Waals surface area contributed by atoms with Crippen molar-refractivity contribution in [3.8, 4) is 11.5 Å². The van der Waals surface area contributed by atoms with Gasteiger partial charge in [0.1, 0.15) is 13.2 Å². The molecule has 1 amide bonds. The highest BCUT2D eigenvalue weighted by atomic mass is 16.6. The minimum absolute atomic E-state index is 0.102. The normalized spacial score (nSPS) is 14.4. The second kappa shape index (κ2) is 5.92. The summed E-state index contributed by atoms with van der Waals surface area (Å²) in [7, 11) is 0. The van der Waals surface area contributed by atoms with Crippen LogP contribution in [0.2, 0.25) is 0 Å². The molecule has 2 N–H and O–H groups in total. The van der Waals surface area contributed by atoms with Gasteiger partial charge in [-0.25, -0.2) is 0 Å². The summed E-state index contributed by atoms with van der Waals surface area (Å²) in [5.41, 5.74) is 2.58. The molecule has 5 nitrogen and oxygen atoms in total. The molecule has 0 saturated heterocycles. The maximum atomic E-state index is 12.6. The summed E-state index contributed by atoms with van der Waals surface area (Å²) in [6, 6.07) is 13.4. The van der Waals surface area contributed by atoms with Gasteiger partial charge >= 0.3 is 0 Å². The first-order chi connectivity index (χ1) is 11.7. The van der Waals surface area contributed by atoms with E-state index in [0.29, 0.717) is 18.8 Å². The summed E-state index contributed by atoms with van der Waals surface area (Å²) >= 11 is 0. The van der Waals surface area contributed by atoms with E-state index < -0.39 is 0 Å². The second-order valence-electron chi connectivity index (χ2n) is 5.85. The third kappa shape index (κ3) is 2.58. The molecule has 1 aliphatic heterocycles. The predicted octanol–water partition coefficient (Wildman–Crippen LogP) is 3.43. The van der Waals surface area contributed by atoms with Gasteiger partial charge < -0.3 is 19.8 Å². The highest BCUT2D eigenvalue weighted by Gasteiger charge is 2.18. The standard InChI is InChI=1S/C19H18N2O3/c1-12(13-6-7-17-18(10-13)24-9-8-23-17)21-19(22)15-11-20-16-5-3-2-4-14(15)16/h2-7,10-12,20H,8-9H2,1H3,(H,21,22). The number of hydrogen-bond acceptors (Lipinski definition) is 3. The Bertz CT molecular complexity index is 901. The lowest BCUT2D eigenvalue weighted by Crippen LogP contribution is -2.26. The number of nitrogens with one attached hydrogen (secondary N) is 2. The molecule has 2 heterocycles. The number of aromatic nitrogens is 1. The van der Waals surface area contributed by atoms with E-state index in [1.54, 1.807) is 6.20 Å². The first-order valence-electron chi connectivity index (χ1n) is 7.99. The van der Waals surface area contributed by atoms with Crippen LogP contribution in [0.15, 0.2) is 48.7 Å².